The zero-order chi connectivity index (χ0) is 21.8. The average molecular weight is 441 g/mol. The summed E-state index contributed by atoms with van der Waals surface area (Å²) in [7, 11) is 0. The molecule has 6 nitrogen and oxygen atoms in total. The molecule has 2 atom stereocenters. The van der Waals surface area contributed by atoms with Crippen LogP contribution in [0.25, 0.3) is 0 Å². The van der Waals surface area contributed by atoms with Crippen LogP contribution in [0.1, 0.15) is 103 Å². The fourth-order valence-electron chi connectivity index (χ4n) is 5.80. The van der Waals surface area contributed by atoms with Gasteiger partial charge >= 0.3 is 0 Å². The van der Waals surface area contributed by atoms with Crippen molar-refractivity contribution in [1.29, 1.82) is 0 Å². The summed E-state index contributed by atoms with van der Waals surface area (Å²) in [4.78, 5) is 0. The van der Waals surface area contributed by atoms with E-state index in [1.807, 2.05) is 12.4 Å². The van der Waals surface area contributed by atoms with Crippen LogP contribution in [-0.4, -0.2) is 49.0 Å². The maximum atomic E-state index is 4.91. The van der Waals surface area contributed by atoms with Gasteiger partial charge in [-0.2, -0.15) is 20.4 Å². The van der Waals surface area contributed by atoms with Gasteiger partial charge in [-0.25, -0.2) is 0 Å². The number of hydrogen-bond acceptors (Lipinski definition) is 6. The summed E-state index contributed by atoms with van der Waals surface area (Å²) in [5.41, 5.74) is 2.30. The van der Waals surface area contributed by atoms with E-state index in [1.54, 1.807) is 0 Å². The van der Waals surface area contributed by atoms with Crippen molar-refractivity contribution in [3.05, 3.63) is 0 Å². The quantitative estimate of drug-likeness (QED) is 0.417. The Balaban J connectivity index is 1.56. The first kappa shape index (κ1) is 23.7. The van der Waals surface area contributed by atoms with E-state index < -0.39 is 0 Å². The Bertz CT molecular complexity index is 600. The highest BCUT2D eigenvalue weighted by atomic mass is 15.2. The topological polar surface area (TPSA) is 73.5 Å². The monoisotopic (exact) mass is 440 g/mol. The van der Waals surface area contributed by atoms with Crippen LogP contribution in [0.15, 0.2) is 20.4 Å². The van der Waals surface area contributed by atoms with Crippen LogP contribution >= 0.6 is 0 Å². The maximum Gasteiger partial charge on any atom is 0.0897 e. The van der Waals surface area contributed by atoms with E-state index in [2.05, 4.69) is 20.8 Å². The minimum absolute atomic E-state index is 0.366. The Hall–Kier alpha value is -1.40. The molecule has 0 amide bonds. The summed E-state index contributed by atoms with van der Waals surface area (Å²) in [6.45, 7) is 2.18. The van der Waals surface area contributed by atoms with Crippen LogP contribution in [0.3, 0.4) is 0 Å². The standard InChI is InChI=1S/C26H44N6/c1-3-11-21(12-4-1)25(31-29-19-23-15-7-9-17-27-23)26(22-13-5-2-6-14-22)32-30-20-24-16-8-10-18-28-24/h19-24,27-28H,1-18H2. The smallest absolute Gasteiger partial charge is 0.0897 e. The van der Waals surface area contributed by atoms with E-state index in [9.17, 15) is 0 Å². The summed E-state index contributed by atoms with van der Waals surface area (Å²) in [6.07, 6.45) is 24.3. The molecule has 0 radical (unpaired) electrons. The van der Waals surface area contributed by atoms with Crippen molar-refractivity contribution in [3.8, 4) is 0 Å². The lowest BCUT2D eigenvalue weighted by Gasteiger charge is -2.28. The van der Waals surface area contributed by atoms with Crippen molar-refractivity contribution in [1.82, 2.24) is 10.6 Å². The molecule has 2 saturated heterocycles. The third kappa shape index (κ3) is 7.31. The van der Waals surface area contributed by atoms with Crippen molar-refractivity contribution < 1.29 is 0 Å². The molecule has 4 aliphatic rings. The third-order valence-corrected chi connectivity index (χ3v) is 7.77. The highest BCUT2D eigenvalue weighted by Crippen LogP contribution is 2.31. The lowest BCUT2D eigenvalue weighted by Crippen LogP contribution is -2.35. The first-order valence-corrected chi connectivity index (χ1v) is 13.6. The van der Waals surface area contributed by atoms with Crippen LogP contribution in [0.2, 0.25) is 0 Å². The number of nitrogens with zero attached hydrogens (tertiary/aromatic N) is 4. The van der Waals surface area contributed by atoms with E-state index in [0.717, 1.165) is 24.5 Å². The summed E-state index contributed by atoms with van der Waals surface area (Å²) >= 11 is 0. The minimum atomic E-state index is 0.366. The Morgan fingerprint density at radius 3 is 1.28 bits per heavy atom. The van der Waals surface area contributed by atoms with E-state index in [-0.39, 0.29) is 0 Å². The summed E-state index contributed by atoms with van der Waals surface area (Å²) in [6, 6.07) is 0.733. The maximum absolute atomic E-state index is 4.91. The zero-order valence-electron chi connectivity index (χ0n) is 20.0. The molecule has 2 saturated carbocycles. The lowest BCUT2D eigenvalue weighted by atomic mass is 9.77. The second kappa shape index (κ2) is 13.3. The van der Waals surface area contributed by atoms with Gasteiger partial charge in [-0.3, -0.25) is 0 Å². The molecule has 0 bridgehead atoms. The summed E-state index contributed by atoms with van der Waals surface area (Å²) < 4.78 is 0. The van der Waals surface area contributed by atoms with Crippen LogP contribution < -0.4 is 10.6 Å². The normalized spacial score (nSPS) is 30.4. The third-order valence-electron chi connectivity index (χ3n) is 7.77. The van der Waals surface area contributed by atoms with Crippen LogP contribution in [0.4, 0.5) is 0 Å². The van der Waals surface area contributed by atoms with Crippen molar-refractivity contribution in [2.75, 3.05) is 13.1 Å². The van der Waals surface area contributed by atoms with Crippen molar-refractivity contribution in [2.24, 2.45) is 32.2 Å². The van der Waals surface area contributed by atoms with Gasteiger partial charge in [-0.05, 0) is 64.5 Å². The molecule has 2 aliphatic carbocycles. The van der Waals surface area contributed by atoms with Gasteiger partial charge in [0.2, 0.25) is 0 Å². The van der Waals surface area contributed by atoms with Gasteiger partial charge in [0.15, 0.2) is 0 Å². The molecule has 0 aromatic rings. The zero-order valence-corrected chi connectivity index (χ0v) is 20.0. The Morgan fingerprint density at radius 2 is 0.906 bits per heavy atom. The molecule has 6 heteroatoms. The second-order valence-corrected chi connectivity index (χ2v) is 10.3. The van der Waals surface area contributed by atoms with Crippen LogP contribution in [-0.2, 0) is 0 Å². The predicted molar refractivity (Wildman–Crippen MR) is 136 cm³/mol. The lowest BCUT2D eigenvalue weighted by molar-refractivity contribution is 0.428. The Labute approximate surface area is 194 Å². The van der Waals surface area contributed by atoms with Crippen molar-refractivity contribution >= 4 is 23.9 Å². The number of rotatable bonds is 7. The molecule has 2 unspecified atom stereocenters. The van der Waals surface area contributed by atoms with Gasteiger partial charge in [0.1, 0.15) is 0 Å². The molecule has 2 heterocycles. The summed E-state index contributed by atoms with van der Waals surface area (Å²) in [5, 5.41) is 26.2. The number of nitrogens with one attached hydrogen (secondary N) is 2. The molecular weight excluding hydrogens is 396 g/mol. The molecule has 0 aromatic carbocycles. The summed E-state index contributed by atoms with van der Waals surface area (Å²) in [5.74, 6) is 0.979. The van der Waals surface area contributed by atoms with Gasteiger partial charge in [0.25, 0.3) is 0 Å². The van der Waals surface area contributed by atoms with Gasteiger partial charge in [0.05, 0.1) is 11.4 Å². The van der Waals surface area contributed by atoms with Gasteiger partial charge < -0.3 is 10.6 Å². The Morgan fingerprint density at radius 1 is 0.500 bits per heavy atom. The first-order valence-electron chi connectivity index (χ1n) is 13.6. The van der Waals surface area contributed by atoms with Gasteiger partial charge in [0, 0.05) is 36.3 Å². The number of hydrogen-bond donors (Lipinski definition) is 2. The molecular formula is C26H44N6. The van der Waals surface area contributed by atoms with Crippen LogP contribution in [0, 0.1) is 11.8 Å². The highest BCUT2D eigenvalue weighted by Gasteiger charge is 2.30. The molecule has 32 heavy (non-hydrogen) atoms. The van der Waals surface area contributed by atoms with Gasteiger partial charge in [-0.15, -0.1) is 0 Å². The van der Waals surface area contributed by atoms with Crippen LogP contribution in [0.5, 0.6) is 0 Å². The SMILES string of the molecule is C(=NN=C(C(=NN=CC1CCCCN1)C1CCCCC1)C1CCCCC1)C1CCCCN1. The largest absolute Gasteiger partial charge is 0.309 e. The fraction of sp³-hybridized carbons (Fsp3) is 0.846. The van der Waals surface area contributed by atoms with Gasteiger partial charge in [-0.1, -0.05) is 51.4 Å². The first-order chi connectivity index (χ1) is 15.9. The molecule has 2 N–H and O–H groups in total. The fourth-order valence-corrected chi connectivity index (χ4v) is 5.80. The molecule has 2 aliphatic heterocycles. The predicted octanol–water partition coefficient (Wildman–Crippen LogP) is 5.28. The van der Waals surface area contributed by atoms with Crippen molar-refractivity contribution in [2.45, 2.75) is 115 Å². The van der Waals surface area contributed by atoms with E-state index in [0.29, 0.717) is 23.9 Å². The minimum Gasteiger partial charge on any atom is -0.309 e. The van der Waals surface area contributed by atoms with E-state index in [1.165, 1.54) is 103 Å². The molecule has 4 fully saturated rings. The molecule has 178 valence electrons. The molecule has 4 rings (SSSR count). The average Bonchev–Trinajstić information content (AvgIpc) is 2.87. The van der Waals surface area contributed by atoms with E-state index in [4.69, 9.17) is 10.2 Å². The molecule has 0 spiro atoms. The highest BCUT2D eigenvalue weighted by molar-refractivity contribution is 6.43. The van der Waals surface area contributed by atoms with E-state index >= 15 is 0 Å². The van der Waals surface area contributed by atoms with Crippen molar-refractivity contribution in [3.63, 3.8) is 0 Å². The second-order valence-electron chi connectivity index (χ2n) is 10.3. The number of piperidine rings is 2. The molecule has 0 aromatic heterocycles. The Kier molecular flexibility index (Phi) is 9.90.